The van der Waals surface area contributed by atoms with Gasteiger partial charge in [-0.15, -0.1) is 0 Å². The Morgan fingerprint density at radius 3 is 3.00 bits per heavy atom. The number of aromatic amines is 1. The molecular weight excluding hydrogens is 242 g/mol. The molecule has 0 aliphatic heterocycles. The van der Waals surface area contributed by atoms with E-state index in [0.717, 1.165) is 0 Å². The molecule has 2 aromatic heterocycles. The van der Waals surface area contributed by atoms with Gasteiger partial charge in [0.1, 0.15) is 4.90 Å². The Kier molecular flexibility index (Phi) is 3.25. The van der Waals surface area contributed by atoms with E-state index in [1.807, 2.05) is 0 Å². The van der Waals surface area contributed by atoms with Crippen LogP contribution in [0.15, 0.2) is 35.7 Å². The van der Waals surface area contributed by atoms with Crippen LogP contribution in [0.2, 0.25) is 0 Å². The molecule has 2 heterocycles. The van der Waals surface area contributed by atoms with E-state index in [1.54, 1.807) is 30.1 Å². The average Bonchev–Trinajstić information content (AvgIpc) is 2.87. The Morgan fingerprint density at radius 1 is 1.59 bits per heavy atom. The number of hydrogen-bond acceptors (Lipinski definition) is 4. The zero-order valence-electron chi connectivity index (χ0n) is 9.24. The predicted molar refractivity (Wildman–Crippen MR) is 60.6 cm³/mol. The lowest BCUT2D eigenvalue weighted by molar-refractivity contribution is 0.494. The van der Waals surface area contributed by atoms with E-state index in [-0.39, 0.29) is 10.9 Å². The number of rotatable bonds is 5. The summed E-state index contributed by atoms with van der Waals surface area (Å²) in [4.78, 5) is 0.129. The van der Waals surface area contributed by atoms with Crippen LogP contribution in [0.25, 0.3) is 0 Å². The maximum atomic E-state index is 11.8. The summed E-state index contributed by atoms with van der Waals surface area (Å²) in [6, 6.07) is 1.53. The second kappa shape index (κ2) is 4.68. The average molecular weight is 255 g/mol. The molecule has 2 rings (SSSR count). The monoisotopic (exact) mass is 255 g/mol. The van der Waals surface area contributed by atoms with Crippen molar-refractivity contribution in [1.29, 1.82) is 0 Å². The van der Waals surface area contributed by atoms with Gasteiger partial charge < -0.3 is 0 Å². The lowest BCUT2D eigenvalue weighted by atomic mass is 10.4. The summed E-state index contributed by atoms with van der Waals surface area (Å²) in [5.41, 5.74) is 0. The normalized spacial score (nSPS) is 13.7. The zero-order valence-corrected chi connectivity index (χ0v) is 10.1. The molecule has 0 saturated carbocycles. The van der Waals surface area contributed by atoms with Gasteiger partial charge in [0.2, 0.25) is 10.0 Å². The molecule has 1 unspecified atom stereocenters. The van der Waals surface area contributed by atoms with Crippen molar-refractivity contribution in [3.63, 3.8) is 0 Å². The SMILES string of the molecule is CC(Cn1cccn1)NS(=O)(=O)c1cn[nH]c1. The van der Waals surface area contributed by atoms with Crippen molar-refractivity contribution in [2.45, 2.75) is 24.4 Å². The predicted octanol–water partition coefficient (Wildman–Crippen LogP) is -0.0268. The smallest absolute Gasteiger partial charge is 0.243 e. The van der Waals surface area contributed by atoms with Gasteiger partial charge in [-0.1, -0.05) is 0 Å². The van der Waals surface area contributed by atoms with Gasteiger partial charge in [-0.05, 0) is 13.0 Å². The van der Waals surface area contributed by atoms with Gasteiger partial charge in [-0.3, -0.25) is 9.78 Å². The van der Waals surface area contributed by atoms with Crippen LogP contribution < -0.4 is 4.72 Å². The van der Waals surface area contributed by atoms with E-state index in [2.05, 4.69) is 20.0 Å². The van der Waals surface area contributed by atoms with Crippen LogP contribution in [0.5, 0.6) is 0 Å². The maximum Gasteiger partial charge on any atom is 0.243 e. The molecule has 2 aromatic rings. The van der Waals surface area contributed by atoms with E-state index in [4.69, 9.17) is 0 Å². The van der Waals surface area contributed by atoms with E-state index < -0.39 is 10.0 Å². The Labute approximate surface area is 98.9 Å². The summed E-state index contributed by atoms with van der Waals surface area (Å²) in [7, 11) is -3.50. The van der Waals surface area contributed by atoms with E-state index in [0.29, 0.717) is 6.54 Å². The molecule has 0 bridgehead atoms. The zero-order chi connectivity index (χ0) is 12.3. The summed E-state index contributed by atoms with van der Waals surface area (Å²) in [5.74, 6) is 0. The molecule has 0 amide bonds. The molecule has 2 N–H and O–H groups in total. The molecule has 1 atom stereocenters. The second-order valence-corrected chi connectivity index (χ2v) is 5.40. The Morgan fingerprint density at radius 2 is 2.41 bits per heavy atom. The molecule has 0 saturated heterocycles. The van der Waals surface area contributed by atoms with Crippen molar-refractivity contribution in [2.75, 3.05) is 0 Å². The van der Waals surface area contributed by atoms with Gasteiger partial charge in [0, 0.05) is 24.6 Å². The van der Waals surface area contributed by atoms with Crippen molar-refractivity contribution >= 4 is 10.0 Å². The highest BCUT2D eigenvalue weighted by molar-refractivity contribution is 7.89. The molecule has 0 aromatic carbocycles. The number of H-pyrrole nitrogens is 1. The quantitative estimate of drug-likeness (QED) is 0.785. The first kappa shape index (κ1) is 11.8. The topological polar surface area (TPSA) is 92.7 Å². The summed E-state index contributed by atoms with van der Waals surface area (Å²) < 4.78 is 27.9. The van der Waals surface area contributed by atoms with Crippen LogP contribution >= 0.6 is 0 Å². The molecule has 17 heavy (non-hydrogen) atoms. The summed E-state index contributed by atoms with van der Waals surface area (Å²) >= 11 is 0. The van der Waals surface area contributed by atoms with Crippen LogP contribution in [0.4, 0.5) is 0 Å². The van der Waals surface area contributed by atoms with Gasteiger partial charge in [-0.25, -0.2) is 13.1 Å². The van der Waals surface area contributed by atoms with Crippen molar-refractivity contribution < 1.29 is 8.42 Å². The van der Waals surface area contributed by atoms with Crippen LogP contribution in [-0.2, 0) is 16.6 Å². The minimum Gasteiger partial charge on any atom is -0.284 e. The van der Waals surface area contributed by atoms with Gasteiger partial charge in [0.25, 0.3) is 0 Å². The van der Waals surface area contributed by atoms with Crippen molar-refractivity contribution in [2.24, 2.45) is 0 Å². The third kappa shape index (κ3) is 2.92. The van der Waals surface area contributed by atoms with E-state index in [9.17, 15) is 8.42 Å². The highest BCUT2D eigenvalue weighted by atomic mass is 32.2. The fraction of sp³-hybridized carbons (Fsp3) is 0.333. The molecule has 0 spiro atoms. The molecular formula is C9H13N5O2S. The van der Waals surface area contributed by atoms with Crippen molar-refractivity contribution in [3.8, 4) is 0 Å². The van der Waals surface area contributed by atoms with Crippen LogP contribution in [0, 0.1) is 0 Å². The first-order valence-electron chi connectivity index (χ1n) is 5.06. The molecule has 0 aliphatic carbocycles. The van der Waals surface area contributed by atoms with Gasteiger partial charge in [-0.2, -0.15) is 10.2 Å². The number of hydrogen-bond donors (Lipinski definition) is 2. The lowest BCUT2D eigenvalue weighted by Crippen LogP contribution is -2.35. The number of nitrogens with one attached hydrogen (secondary N) is 2. The third-order valence-electron chi connectivity index (χ3n) is 2.16. The van der Waals surface area contributed by atoms with E-state index >= 15 is 0 Å². The molecule has 0 fully saturated rings. The second-order valence-electron chi connectivity index (χ2n) is 3.68. The van der Waals surface area contributed by atoms with Crippen LogP contribution in [0.3, 0.4) is 0 Å². The lowest BCUT2D eigenvalue weighted by Gasteiger charge is -2.13. The van der Waals surface area contributed by atoms with E-state index in [1.165, 1.54) is 12.4 Å². The number of nitrogens with zero attached hydrogens (tertiary/aromatic N) is 3. The molecule has 8 heteroatoms. The minimum absolute atomic E-state index is 0.129. The first-order valence-corrected chi connectivity index (χ1v) is 6.55. The fourth-order valence-corrected chi connectivity index (χ4v) is 2.58. The molecule has 0 aliphatic rings. The summed E-state index contributed by atoms with van der Waals surface area (Å²) in [5, 5.41) is 10.1. The molecule has 7 nitrogen and oxygen atoms in total. The highest BCUT2D eigenvalue weighted by Gasteiger charge is 2.18. The standard InChI is InChI=1S/C9H13N5O2S/c1-8(7-14-4-2-3-12-14)13-17(15,16)9-5-10-11-6-9/h2-6,8,13H,7H2,1H3,(H,10,11). The largest absolute Gasteiger partial charge is 0.284 e. The van der Waals surface area contributed by atoms with Gasteiger partial charge in [0.15, 0.2) is 0 Å². The van der Waals surface area contributed by atoms with Gasteiger partial charge in [0.05, 0.1) is 12.7 Å². The summed E-state index contributed by atoms with van der Waals surface area (Å²) in [6.45, 7) is 2.25. The molecule has 0 radical (unpaired) electrons. The van der Waals surface area contributed by atoms with Crippen molar-refractivity contribution in [3.05, 3.63) is 30.9 Å². The first-order chi connectivity index (χ1) is 8.08. The van der Waals surface area contributed by atoms with Crippen LogP contribution in [-0.4, -0.2) is 34.4 Å². The Balaban J connectivity index is 2.01. The van der Waals surface area contributed by atoms with Gasteiger partial charge >= 0.3 is 0 Å². The molecule has 92 valence electrons. The summed E-state index contributed by atoms with van der Waals surface area (Å²) in [6.07, 6.45) is 6.03. The fourth-order valence-electron chi connectivity index (χ4n) is 1.45. The number of sulfonamides is 1. The minimum atomic E-state index is -3.50. The Bertz CT molecular complexity index is 546. The highest BCUT2D eigenvalue weighted by Crippen LogP contribution is 2.05. The maximum absolute atomic E-state index is 11.8. The van der Waals surface area contributed by atoms with Crippen molar-refractivity contribution in [1.82, 2.24) is 24.7 Å². The van der Waals surface area contributed by atoms with Crippen LogP contribution in [0.1, 0.15) is 6.92 Å². The Hall–Kier alpha value is -1.67. The third-order valence-corrected chi connectivity index (χ3v) is 3.72. The number of aromatic nitrogens is 4.